The van der Waals surface area contributed by atoms with E-state index < -0.39 is 21.8 Å². The number of pyridine rings is 1. The smallest absolute Gasteiger partial charge is 0.269 e. The first-order valence-corrected chi connectivity index (χ1v) is 9.31. The van der Waals surface area contributed by atoms with Crippen LogP contribution in [0.5, 0.6) is 0 Å². The first-order valence-electron chi connectivity index (χ1n) is 7.70. The molecule has 24 heavy (non-hydrogen) atoms. The fourth-order valence-corrected chi connectivity index (χ4v) is 2.25. The van der Waals surface area contributed by atoms with Crippen molar-refractivity contribution in [1.82, 2.24) is 10.3 Å². The Morgan fingerprint density at radius 1 is 1.25 bits per heavy atom. The van der Waals surface area contributed by atoms with E-state index in [4.69, 9.17) is 4.55 Å². The molecule has 2 N–H and O–H groups in total. The zero-order chi connectivity index (χ0) is 18.6. The topological polar surface area (TPSA) is 96.4 Å². The molecule has 0 spiro atoms. The summed E-state index contributed by atoms with van der Waals surface area (Å²) in [4.78, 5) is 16.1. The molecule has 1 aromatic heterocycles. The molecular formula is C17H26N2O4S. The second-order valence-corrected chi connectivity index (χ2v) is 8.96. The van der Waals surface area contributed by atoms with Crippen molar-refractivity contribution >= 4 is 16.0 Å². The van der Waals surface area contributed by atoms with Gasteiger partial charge in [-0.15, -0.1) is 0 Å². The second kappa shape index (κ2) is 7.44. The molecule has 0 saturated heterocycles. The fourth-order valence-electron chi connectivity index (χ4n) is 1.89. The van der Waals surface area contributed by atoms with Gasteiger partial charge in [0.2, 0.25) is 0 Å². The predicted molar refractivity (Wildman–Crippen MR) is 94.6 cm³/mol. The lowest BCUT2D eigenvalue weighted by molar-refractivity contribution is 0.0951. The van der Waals surface area contributed by atoms with E-state index in [1.165, 1.54) is 0 Å². The standard InChI is InChI=1S/C17H26N2O4S/c1-16(2,3)7-8-17(4,5)13-6-9-18-14(12-13)15(20)19-10-11-24(21,22)23/h6-9,12H,10-11H2,1-5H3,(H,19,20)(H,21,22,23)/b8-7+. The first-order chi connectivity index (χ1) is 10.8. The SMILES string of the molecule is CC(C)(C)/C=C/C(C)(C)c1ccnc(C(=O)NCCS(=O)(=O)O)c1. The summed E-state index contributed by atoms with van der Waals surface area (Å²) in [5.41, 5.74) is 0.915. The summed E-state index contributed by atoms with van der Waals surface area (Å²) < 4.78 is 30.0. The van der Waals surface area contributed by atoms with E-state index in [2.05, 4.69) is 43.2 Å². The second-order valence-electron chi connectivity index (χ2n) is 7.39. The summed E-state index contributed by atoms with van der Waals surface area (Å²) in [5.74, 6) is -1.01. The number of nitrogens with one attached hydrogen (secondary N) is 1. The van der Waals surface area contributed by atoms with Gasteiger partial charge in [0, 0.05) is 18.2 Å². The minimum atomic E-state index is -4.10. The highest BCUT2D eigenvalue weighted by atomic mass is 32.2. The molecule has 0 atom stereocenters. The number of hydrogen-bond acceptors (Lipinski definition) is 4. The Morgan fingerprint density at radius 2 is 1.88 bits per heavy atom. The molecule has 1 aromatic rings. The summed E-state index contributed by atoms with van der Waals surface area (Å²) in [6.45, 7) is 10.3. The van der Waals surface area contributed by atoms with Gasteiger partial charge in [-0.3, -0.25) is 14.3 Å². The van der Waals surface area contributed by atoms with Gasteiger partial charge < -0.3 is 5.32 Å². The van der Waals surface area contributed by atoms with Crippen LogP contribution in [0.3, 0.4) is 0 Å². The Labute approximate surface area is 144 Å². The lowest BCUT2D eigenvalue weighted by Gasteiger charge is -2.23. The van der Waals surface area contributed by atoms with Gasteiger partial charge in [-0.2, -0.15) is 8.42 Å². The minimum absolute atomic E-state index is 0.0558. The maximum atomic E-state index is 12.1. The summed E-state index contributed by atoms with van der Waals surface area (Å²) in [5, 5.41) is 2.43. The molecule has 0 unspecified atom stereocenters. The van der Waals surface area contributed by atoms with Crippen LogP contribution in [0.1, 0.15) is 50.7 Å². The maximum absolute atomic E-state index is 12.1. The van der Waals surface area contributed by atoms with Crippen LogP contribution in [-0.2, 0) is 15.5 Å². The van der Waals surface area contributed by atoms with Crippen LogP contribution in [0.2, 0.25) is 0 Å². The molecule has 0 aliphatic carbocycles. The van der Waals surface area contributed by atoms with Crippen molar-refractivity contribution in [2.75, 3.05) is 12.3 Å². The Bertz CT molecular complexity index is 716. The number of aromatic nitrogens is 1. The average molecular weight is 354 g/mol. The van der Waals surface area contributed by atoms with Crippen molar-refractivity contribution in [3.8, 4) is 0 Å². The summed E-state index contributed by atoms with van der Waals surface area (Å²) in [6, 6.07) is 3.54. The van der Waals surface area contributed by atoms with Gasteiger partial charge in [-0.25, -0.2) is 0 Å². The van der Waals surface area contributed by atoms with Gasteiger partial charge >= 0.3 is 0 Å². The van der Waals surface area contributed by atoms with E-state index in [0.29, 0.717) is 0 Å². The van der Waals surface area contributed by atoms with Gasteiger partial charge in [0.25, 0.3) is 16.0 Å². The third-order valence-electron chi connectivity index (χ3n) is 3.38. The molecule has 0 aliphatic heterocycles. The minimum Gasteiger partial charge on any atom is -0.350 e. The molecular weight excluding hydrogens is 328 g/mol. The molecule has 6 nitrogen and oxygen atoms in total. The number of allylic oxidation sites excluding steroid dienone is 2. The van der Waals surface area contributed by atoms with Gasteiger partial charge in [-0.1, -0.05) is 46.8 Å². The zero-order valence-electron chi connectivity index (χ0n) is 14.8. The van der Waals surface area contributed by atoms with Gasteiger partial charge in [0.05, 0.1) is 5.75 Å². The van der Waals surface area contributed by atoms with Crippen LogP contribution in [0.25, 0.3) is 0 Å². The Balaban J connectivity index is 2.89. The lowest BCUT2D eigenvalue weighted by atomic mass is 9.82. The Morgan fingerprint density at radius 3 is 2.42 bits per heavy atom. The summed E-state index contributed by atoms with van der Waals surface area (Å²) in [7, 11) is -4.10. The van der Waals surface area contributed by atoms with Crippen LogP contribution >= 0.6 is 0 Å². The maximum Gasteiger partial charge on any atom is 0.269 e. The molecule has 0 radical (unpaired) electrons. The van der Waals surface area contributed by atoms with Crippen molar-refractivity contribution in [1.29, 1.82) is 0 Å². The zero-order valence-corrected chi connectivity index (χ0v) is 15.6. The molecule has 0 saturated carbocycles. The van der Waals surface area contributed by atoms with Crippen molar-refractivity contribution in [2.24, 2.45) is 5.41 Å². The quantitative estimate of drug-likeness (QED) is 0.604. The lowest BCUT2D eigenvalue weighted by Crippen LogP contribution is -2.30. The summed E-state index contributed by atoms with van der Waals surface area (Å²) >= 11 is 0. The number of amides is 1. The van der Waals surface area contributed by atoms with E-state index in [1.807, 2.05) is 19.9 Å². The number of carbonyl (C=O) groups excluding carboxylic acids is 1. The Hall–Kier alpha value is -1.73. The van der Waals surface area contributed by atoms with Crippen LogP contribution in [-0.4, -0.2) is 36.2 Å². The number of nitrogens with zero attached hydrogens (tertiary/aromatic N) is 1. The molecule has 1 amide bonds. The normalized spacial score (nSPS) is 13.2. The van der Waals surface area contributed by atoms with Gasteiger partial charge in [0.1, 0.15) is 5.69 Å². The molecule has 0 aliphatic rings. The van der Waals surface area contributed by atoms with E-state index in [-0.39, 0.29) is 23.1 Å². The van der Waals surface area contributed by atoms with Crippen molar-refractivity contribution in [3.63, 3.8) is 0 Å². The van der Waals surface area contributed by atoms with Crippen LogP contribution in [0.4, 0.5) is 0 Å². The third-order valence-corrected chi connectivity index (χ3v) is 4.10. The third kappa shape index (κ3) is 7.23. The fraction of sp³-hybridized carbons (Fsp3) is 0.529. The largest absolute Gasteiger partial charge is 0.350 e. The van der Waals surface area contributed by atoms with E-state index in [9.17, 15) is 13.2 Å². The van der Waals surface area contributed by atoms with Crippen LogP contribution in [0, 0.1) is 5.41 Å². The van der Waals surface area contributed by atoms with Crippen molar-refractivity contribution < 1.29 is 17.8 Å². The molecule has 0 fully saturated rings. The van der Waals surface area contributed by atoms with Crippen molar-refractivity contribution in [2.45, 2.75) is 40.0 Å². The number of carbonyl (C=O) groups is 1. The highest BCUT2D eigenvalue weighted by Crippen LogP contribution is 2.27. The van der Waals surface area contributed by atoms with Crippen LogP contribution in [0.15, 0.2) is 30.5 Å². The van der Waals surface area contributed by atoms with E-state index in [1.54, 1.807) is 12.3 Å². The van der Waals surface area contributed by atoms with Crippen molar-refractivity contribution in [3.05, 3.63) is 41.7 Å². The Kier molecular flexibility index (Phi) is 6.30. The van der Waals surface area contributed by atoms with E-state index >= 15 is 0 Å². The number of hydrogen-bond donors (Lipinski definition) is 2. The molecule has 1 heterocycles. The van der Waals surface area contributed by atoms with E-state index in [0.717, 1.165) is 5.56 Å². The van der Waals surface area contributed by atoms with Gasteiger partial charge in [0.15, 0.2) is 0 Å². The molecule has 134 valence electrons. The number of rotatable bonds is 6. The highest BCUT2D eigenvalue weighted by Gasteiger charge is 2.20. The highest BCUT2D eigenvalue weighted by molar-refractivity contribution is 7.85. The summed E-state index contributed by atoms with van der Waals surface area (Å²) in [6.07, 6.45) is 5.78. The first kappa shape index (κ1) is 20.3. The molecule has 7 heteroatoms. The molecule has 1 rings (SSSR count). The molecule has 0 bridgehead atoms. The predicted octanol–water partition coefficient (Wildman–Crippen LogP) is 2.58. The monoisotopic (exact) mass is 354 g/mol. The van der Waals surface area contributed by atoms with Crippen LogP contribution < -0.4 is 5.32 Å². The molecule has 0 aromatic carbocycles. The van der Waals surface area contributed by atoms with Gasteiger partial charge in [-0.05, 0) is 23.1 Å². The average Bonchev–Trinajstić information content (AvgIpc) is 2.43.